The van der Waals surface area contributed by atoms with Crippen LogP contribution in [0.3, 0.4) is 0 Å². The van der Waals surface area contributed by atoms with E-state index in [1.165, 1.54) is 12.1 Å². The molecular formula is C15H20FNO3. The standard InChI is InChI=1S/C15H20FNO3/c1-15(2,3)14(20)17-12(8-9-13(18)19)10-4-6-11(16)7-5-10/h4-7,12H,8-9H2,1-3H3,(H,17,20)(H,18,19). The molecule has 2 N–H and O–H groups in total. The maximum absolute atomic E-state index is 12.9. The lowest BCUT2D eigenvalue weighted by molar-refractivity contribution is -0.137. The van der Waals surface area contributed by atoms with Gasteiger partial charge in [-0.15, -0.1) is 0 Å². The van der Waals surface area contributed by atoms with E-state index in [1.807, 2.05) is 0 Å². The van der Waals surface area contributed by atoms with Crippen LogP contribution in [0.25, 0.3) is 0 Å². The lowest BCUT2D eigenvalue weighted by atomic mass is 9.93. The van der Waals surface area contributed by atoms with Crippen LogP contribution in [0, 0.1) is 11.2 Å². The zero-order valence-electron chi connectivity index (χ0n) is 11.9. The molecule has 0 fully saturated rings. The number of benzene rings is 1. The summed E-state index contributed by atoms with van der Waals surface area (Å²) < 4.78 is 12.9. The highest BCUT2D eigenvalue weighted by molar-refractivity contribution is 5.81. The molecule has 4 nitrogen and oxygen atoms in total. The molecule has 20 heavy (non-hydrogen) atoms. The maximum atomic E-state index is 12.9. The molecule has 1 unspecified atom stereocenters. The van der Waals surface area contributed by atoms with Gasteiger partial charge >= 0.3 is 5.97 Å². The van der Waals surface area contributed by atoms with Crippen LogP contribution >= 0.6 is 0 Å². The molecule has 0 aliphatic heterocycles. The highest BCUT2D eigenvalue weighted by Gasteiger charge is 2.25. The first-order chi connectivity index (χ1) is 9.20. The number of aliphatic carboxylic acids is 1. The number of nitrogens with one attached hydrogen (secondary N) is 1. The van der Waals surface area contributed by atoms with Gasteiger partial charge in [0.05, 0.1) is 6.04 Å². The van der Waals surface area contributed by atoms with Crippen molar-refractivity contribution in [1.82, 2.24) is 5.32 Å². The van der Waals surface area contributed by atoms with Gasteiger partial charge in [0.15, 0.2) is 0 Å². The van der Waals surface area contributed by atoms with Crippen molar-refractivity contribution < 1.29 is 19.1 Å². The minimum absolute atomic E-state index is 0.0630. The van der Waals surface area contributed by atoms with E-state index >= 15 is 0 Å². The molecular weight excluding hydrogens is 261 g/mol. The Morgan fingerprint density at radius 1 is 1.25 bits per heavy atom. The summed E-state index contributed by atoms with van der Waals surface area (Å²) in [6, 6.07) is 5.28. The second-order valence-corrected chi connectivity index (χ2v) is 5.76. The third-order valence-corrected chi connectivity index (χ3v) is 2.91. The first-order valence-corrected chi connectivity index (χ1v) is 6.48. The monoisotopic (exact) mass is 281 g/mol. The van der Waals surface area contributed by atoms with Crippen molar-refractivity contribution in [3.63, 3.8) is 0 Å². The molecule has 1 atom stereocenters. The van der Waals surface area contributed by atoms with E-state index in [2.05, 4.69) is 5.32 Å². The fourth-order valence-electron chi connectivity index (χ4n) is 1.66. The van der Waals surface area contributed by atoms with Crippen LogP contribution in [0.2, 0.25) is 0 Å². The highest BCUT2D eigenvalue weighted by atomic mass is 19.1. The number of halogens is 1. The van der Waals surface area contributed by atoms with E-state index in [4.69, 9.17) is 5.11 Å². The summed E-state index contributed by atoms with van der Waals surface area (Å²) in [5.74, 6) is -1.47. The topological polar surface area (TPSA) is 66.4 Å². The molecule has 0 saturated carbocycles. The second-order valence-electron chi connectivity index (χ2n) is 5.76. The van der Waals surface area contributed by atoms with Crippen molar-refractivity contribution in [2.24, 2.45) is 5.41 Å². The predicted molar refractivity (Wildman–Crippen MR) is 73.6 cm³/mol. The minimum Gasteiger partial charge on any atom is -0.481 e. The van der Waals surface area contributed by atoms with Crippen molar-refractivity contribution in [2.75, 3.05) is 0 Å². The van der Waals surface area contributed by atoms with Gasteiger partial charge in [0, 0.05) is 11.8 Å². The van der Waals surface area contributed by atoms with Gasteiger partial charge in [0.1, 0.15) is 5.82 Å². The fraction of sp³-hybridized carbons (Fsp3) is 0.467. The number of carbonyl (C=O) groups is 2. The molecule has 110 valence electrons. The lowest BCUT2D eigenvalue weighted by Crippen LogP contribution is -2.37. The first kappa shape index (κ1) is 16.1. The van der Waals surface area contributed by atoms with Crippen molar-refractivity contribution in [2.45, 2.75) is 39.7 Å². The minimum atomic E-state index is -0.929. The van der Waals surface area contributed by atoms with Gasteiger partial charge < -0.3 is 10.4 Å². The van der Waals surface area contributed by atoms with Gasteiger partial charge in [-0.3, -0.25) is 9.59 Å². The molecule has 1 amide bonds. The van der Waals surface area contributed by atoms with Gasteiger partial charge in [0.2, 0.25) is 5.91 Å². The van der Waals surface area contributed by atoms with Gasteiger partial charge in [-0.1, -0.05) is 32.9 Å². The van der Waals surface area contributed by atoms with Gasteiger partial charge in [-0.25, -0.2) is 4.39 Å². The normalized spacial score (nSPS) is 12.8. The number of rotatable bonds is 5. The average Bonchev–Trinajstić information content (AvgIpc) is 2.34. The van der Waals surface area contributed by atoms with Crippen LogP contribution < -0.4 is 5.32 Å². The Morgan fingerprint density at radius 2 is 1.80 bits per heavy atom. The molecule has 0 spiro atoms. The van der Waals surface area contributed by atoms with E-state index in [1.54, 1.807) is 32.9 Å². The summed E-state index contributed by atoms with van der Waals surface area (Å²) in [4.78, 5) is 22.7. The fourth-order valence-corrected chi connectivity index (χ4v) is 1.66. The zero-order valence-corrected chi connectivity index (χ0v) is 11.9. The molecule has 0 aromatic heterocycles. The molecule has 0 saturated heterocycles. The summed E-state index contributed by atoms with van der Waals surface area (Å²) in [5.41, 5.74) is 0.131. The number of carboxylic acids is 1. The van der Waals surface area contributed by atoms with Crippen LogP contribution in [0.4, 0.5) is 4.39 Å². The Hall–Kier alpha value is -1.91. The number of carbonyl (C=O) groups excluding carboxylic acids is 1. The largest absolute Gasteiger partial charge is 0.481 e. The number of amides is 1. The van der Waals surface area contributed by atoms with E-state index in [9.17, 15) is 14.0 Å². The first-order valence-electron chi connectivity index (χ1n) is 6.48. The third kappa shape index (κ3) is 4.99. The predicted octanol–water partition coefficient (Wildman–Crippen LogP) is 2.89. The van der Waals surface area contributed by atoms with E-state index in [0.29, 0.717) is 5.56 Å². The summed E-state index contributed by atoms with van der Waals surface area (Å²) in [7, 11) is 0. The Kier molecular flexibility index (Phi) is 5.25. The number of carboxylic acid groups (broad SMARTS) is 1. The van der Waals surface area contributed by atoms with Crippen molar-refractivity contribution >= 4 is 11.9 Å². The third-order valence-electron chi connectivity index (χ3n) is 2.91. The molecule has 1 aromatic carbocycles. The molecule has 0 heterocycles. The van der Waals surface area contributed by atoms with Crippen LogP contribution in [-0.2, 0) is 9.59 Å². The number of hydrogen-bond acceptors (Lipinski definition) is 2. The zero-order chi connectivity index (χ0) is 15.3. The Labute approximate surface area is 118 Å². The molecule has 1 rings (SSSR count). The molecule has 5 heteroatoms. The lowest BCUT2D eigenvalue weighted by Gasteiger charge is -2.24. The van der Waals surface area contributed by atoms with Gasteiger partial charge in [0.25, 0.3) is 0 Å². The number of hydrogen-bond donors (Lipinski definition) is 2. The van der Waals surface area contributed by atoms with Crippen molar-refractivity contribution in [3.8, 4) is 0 Å². The Bertz CT molecular complexity index is 477. The van der Waals surface area contributed by atoms with E-state index in [-0.39, 0.29) is 24.6 Å². The van der Waals surface area contributed by atoms with Gasteiger partial charge in [-0.2, -0.15) is 0 Å². The molecule has 0 aliphatic rings. The smallest absolute Gasteiger partial charge is 0.303 e. The summed E-state index contributed by atoms with van der Waals surface area (Å²) in [6.45, 7) is 5.34. The van der Waals surface area contributed by atoms with E-state index < -0.39 is 17.4 Å². The van der Waals surface area contributed by atoms with Crippen molar-refractivity contribution in [1.29, 1.82) is 0 Å². The molecule has 1 aromatic rings. The molecule has 0 radical (unpaired) electrons. The Morgan fingerprint density at radius 3 is 2.25 bits per heavy atom. The van der Waals surface area contributed by atoms with Crippen LogP contribution in [-0.4, -0.2) is 17.0 Å². The SMILES string of the molecule is CC(C)(C)C(=O)NC(CCC(=O)O)c1ccc(F)cc1. The van der Waals surface area contributed by atoms with Gasteiger partial charge in [-0.05, 0) is 24.1 Å². The molecule has 0 bridgehead atoms. The molecule has 0 aliphatic carbocycles. The average molecular weight is 281 g/mol. The van der Waals surface area contributed by atoms with Crippen LogP contribution in [0.5, 0.6) is 0 Å². The second kappa shape index (κ2) is 6.50. The summed E-state index contributed by atoms with van der Waals surface area (Å²) in [5, 5.41) is 11.6. The van der Waals surface area contributed by atoms with Crippen LogP contribution in [0.15, 0.2) is 24.3 Å². The van der Waals surface area contributed by atoms with Crippen molar-refractivity contribution in [3.05, 3.63) is 35.6 Å². The summed E-state index contributed by atoms with van der Waals surface area (Å²) >= 11 is 0. The van der Waals surface area contributed by atoms with E-state index in [0.717, 1.165) is 0 Å². The summed E-state index contributed by atoms with van der Waals surface area (Å²) in [6.07, 6.45) is 0.204. The Balaban J connectivity index is 2.87. The maximum Gasteiger partial charge on any atom is 0.303 e. The van der Waals surface area contributed by atoms with Crippen LogP contribution in [0.1, 0.15) is 45.2 Å². The quantitative estimate of drug-likeness (QED) is 0.872. The highest BCUT2D eigenvalue weighted by Crippen LogP contribution is 2.22.